The summed E-state index contributed by atoms with van der Waals surface area (Å²) in [6.07, 6.45) is 1.68. The predicted octanol–water partition coefficient (Wildman–Crippen LogP) is 6.01. The Morgan fingerprint density at radius 3 is 1.86 bits per heavy atom. The molecule has 0 N–H and O–H groups in total. The normalized spacial score (nSPS) is 12.9. The molecule has 1 aliphatic rings. The Labute approximate surface area is 171 Å². The van der Waals surface area contributed by atoms with E-state index in [1.54, 1.807) is 6.33 Å². The molecule has 2 heterocycles. The van der Waals surface area contributed by atoms with Gasteiger partial charge in [0.1, 0.15) is 24.4 Å². The highest BCUT2D eigenvalue weighted by atomic mass is 15.4. The summed E-state index contributed by atoms with van der Waals surface area (Å²) in [6.45, 7) is 4.99. The largest absolute Gasteiger partial charge is 0.318 e. The lowest BCUT2D eigenvalue weighted by Gasteiger charge is -2.22. The van der Waals surface area contributed by atoms with Crippen LogP contribution in [-0.2, 0) is 0 Å². The molecule has 142 valence electrons. The first-order valence-corrected chi connectivity index (χ1v) is 9.81. The summed E-state index contributed by atoms with van der Waals surface area (Å²) in [6, 6.07) is 27.3. The highest BCUT2D eigenvalue weighted by Gasteiger charge is 2.33. The van der Waals surface area contributed by atoms with Crippen molar-refractivity contribution in [2.45, 2.75) is 13.8 Å². The summed E-state index contributed by atoms with van der Waals surface area (Å²) in [5.74, 6) is 0.938. The van der Waals surface area contributed by atoms with Crippen LogP contribution in [0.25, 0.3) is 11.3 Å². The van der Waals surface area contributed by atoms with Crippen LogP contribution in [0.15, 0.2) is 85.2 Å². The van der Waals surface area contributed by atoms with E-state index in [2.05, 4.69) is 90.4 Å². The first kappa shape index (κ1) is 17.4. The van der Waals surface area contributed by atoms with E-state index in [0.29, 0.717) is 6.67 Å². The van der Waals surface area contributed by atoms with E-state index in [4.69, 9.17) is 9.97 Å². The average Bonchev–Trinajstić information content (AvgIpc) is 3.15. The summed E-state index contributed by atoms with van der Waals surface area (Å²) in [4.78, 5) is 14.0. The van der Waals surface area contributed by atoms with Gasteiger partial charge in [0, 0.05) is 16.9 Å². The van der Waals surface area contributed by atoms with Crippen LogP contribution in [0.4, 0.5) is 22.9 Å². The summed E-state index contributed by atoms with van der Waals surface area (Å²) in [7, 11) is 0. The molecule has 4 aromatic rings. The van der Waals surface area contributed by atoms with Gasteiger partial charge >= 0.3 is 0 Å². The molecular weight excluding hydrogens is 356 g/mol. The Morgan fingerprint density at radius 2 is 1.24 bits per heavy atom. The van der Waals surface area contributed by atoms with Crippen LogP contribution < -0.4 is 9.80 Å². The zero-order valence-corrected chi connectivity index (χ0v) is 16.6. The minimum Gasteiger partial charge on any atom is -0.318 e. The monoisotopic (exact) mass is 378 g/mol. The van der Waals surface area contributed by atoms with E-state index in [9.17, 15) is 0 Å². The maximum atomic E-state index is 4.77. The molecule has 1 aliphatic heterocycles. The molecule has 0 saturated carbocycles. The predicted molar refractivity (Wildman–Crippen MR) is 119 cm³/mol. The van der Waals surface area contributed by atoms with E-state index >= 15 is 0 Å². The highest BCUT2D eigenvalue weighted by Crippen LogP contribution is 2.47. The van der Waals surface area contributed by atoms with Gasteiger partial charge in [-0.3, -0.25) is 0 Å². The lowest BCUT2D eigenvalue weighted by Crippen LogP contribution is -2.24. The van der Waals surface area contributed by atoms with Gasteiger partial charge < -0.3 is 9.80 Å². The zero-order chi connectivity index (χ0) is 19.8. The van der Waals surface area contributed by atoms with Crippen molar-refractivity contribution in [1.82, 2.24) is 9.97 Å². The number of hydrogen-bond donors (Lipinski definition) is 0. The first-order chi connectivity index (χ1) is 14.2. The van der Waals surface area contributed by atoms with Gasteiger partial charge in [0.15, 0.2) is 5.82 Å². The lowest BCUT2D eigenvalue weighted by molar-refractivity contribution is 0.981. The molecule has 4 heteroatoms. The van der Waals surface area contributed by atoms with Crippen LogP contribution in [-0.4, -0.2) is 16.6 Å². The average molecular weight is 378 g/mol. The summed E-state index contributed by atoms with van der Waals surface area (Å²) < 4.78 is 0. The van der Waals surface area contributed by atoms with Gasteiger partial charge in [-0.2, -0.15) is 0 Å². The molecule has 0 saturated heterocycles. The van der Waals surface area contributed by atoms with E-state index < -0.39 is 0 Å². The minimum atomic E-state index is 0.694. The van der Waals surface area contributed by atoms with Gasteiger partial charge in [-0.1, -0.05) is 54.6 Å². The molecular formula is C25H22N4. The fourth-order valence-corrected chi connectivity index (χ4v) is 4.10. The van der Waals surface area contributed by atoms with Crippen molar-refractivity contribution in [3.8, 4) is 11.3 Å². The number of nitrogens with zero attached hydrogens (tertiary/aromatic N) is 4. The first-order valence-electron chi connectivity index (χ1n) is 9.81. The van der Waals surface area contributed by atoms with Gasteiger partial charge in [-0.25, -0.2) is 9.97 Å². The minimum absolute atomic E-state index is 0.694. The summed E-state index contributed by atoms with van der Waals surface area (Å²) >= 11 is 0. The standard InChI is InChI=1S/C25H22N4/c1-18-10-9-11-19(2)22(18)23-24-25(27-16-26-23)29(21-14-7-4-8-15-21)17-28(24)20-12-5-3-6-13-20/h3-16H,17H2,1-2H3. The molecule has 0 radical (unpaired) electrons. The Hall–Kier alpha value is -3.66. The number of benzene rings is 3. The molecule has 5 rings (SSSR count). The van der Waals surface area contributed by atoms with Crippen molar-refractivity contribution in [2.75, 3.05) is 16.5 Å². The van der Waals surface area contributed by atoms with E-state index in [-0.39, 0.29) is 0 Å². The van der Waals surface area contributed by atoms with Crippen LogP contribution in [0, 0.1) is 13.8 Å². The highest BCUT2D eigenvalue weighted by molar-refractivity contribution is 5.94. The lowest BCUT2D eigenvalue weighted by atomic mass is 9.98. The molecule has 0 amide bonds. The molecule has 4 nitrogen and oxygen atoms in total. The van der Waals surface area contributed by atoms with Crippen LogP contribution in [0.1, 0.15) is 11.1 Å². The maximum absolute atomic E-state index is 4.77. The van der Waals surface area contributed by atoms with Gasteiger partial charge in [0.05, 0.1) is 0 Å². The topological polar surface area (TPSA) is 32.3 Å². The molecule has 0 aliphatic carbocycles. The Bertz CT molecular complexity index is 1140. The second-order valence-corrected chi connectivity index (χ2v) is 7.33. The number of fused-ring (bicyclic) bond motifs is 1. The zero-order valence-electron chi connectivity index (χ0n) is 16.6. The third-order valence-corrected chi connectivity index (χ3v) is 5.47. The second-order valence-electron chi connectivity index (χ2n) is 7.33. The van der Waals surface area contributed by atoms with Crippen LogP contribution in [0.3, 0.4) is 0 Å². The second kappa shape index (κ2) is 7.06. The van der Waals surface area contributed by atoms with Gasteiger partial charge in [-0.15, -0.1) is 0 Å². The van der Waals surface area contributed by atoms with Crippen LogP contribution >= 0.6 is 0 Å². The molecule has 29 heavy (non-hydrogen) atoms. The third-order valence-electron chi connectivity index (χ3n) is 5.47. The van der Waals surface area contributed by atoms with E-state index in [0.717, 1.165) is 28.6 Å². The molecule has 0 spiro atoms. The van der Waals surface area contributed by atoms with Gasteiger partial charge in [0.2, 0.25) is 0 Å². The van der Waals surface area contributed by atoms with Gasteiger partial charge in [0.25, 0.3) is 0 Å². The van der Waals surface area contributed by atoms with Gasteiger partial charge in [-0.05, 0) is 49.2 Å². The Balaban J connectivity index is 1.76. The van der Waals surface area contributed by atoms with E-state index in [1.807, 2.05) is 12.1 Å². The SMILES string of the molecule is Cc1cccc(C)c1-c1ncnc2c1N(c1ccccc1)CN2c1ccccc1. The molecule has 0 unspecified atom stereocenters. The molecule has 0 fully saturated rings. The summed E-state index contributed by atoms with van der Waals surface area (Å²) in [5, 5.41) is 0. The van der Waals surface area contributed by atoms with Crippen molar-refractivity contribution in [3.63, 3.8) is 0 Å². The number of anilines is 4. The Morgan fingerprint density at radius 1 is 0.655 bits per heavy atom. The number of aromatic nitrogens is 2. The molecule has 0 atom stereocenters. The van der Waals surface area contributed by atoms with Crippen LogP contribution in [0.2, 0.25) is 0 Å². The van der Waals surface area contributed by atoms with E-state index in [1.165, 1.54) is 16.7 Å². The number of hydrogen-bond acceptors (Lipinski definition) is 4. The molecule has 3 aromatic carbocycles. The molecule has 1 aromatic heterocycles. The number of rotatable bonds is 3. The fraction of sp³-hybridized carbons (Fsp3) is 0.120. The number of aryl methyl sites for hydroxylation is 2. The van der Waals surface area contributed by atoms with Crippen molar-refractivity contribution in [1.29, 1.82) is 0 Å². The fourth-order valence-electron chi connectivity index (χ4n) is 4.10. The maximum Gasteiger partial charge on any atom is 0.162 e. The quantitative estimate of drug-likeness (QED) is 0.437. The Kier molecular flexibility index (Phi) is 4.24. The van der Waals surface area contributed by atoms with Crippen molar-refractivity contribution < 1.29 is 0 Å². The van der Waals surface area contributed by atoms with Crippen molar-refractivity contribution >= 4 is 22.9 Å². The smallest absolute Gasteiger partial charge is 0.162 e. The molecule has 0 bridgehead atoms. The van der Waals surface area contributed by atoms with Crippen molar-refractivity contribution in [3.05, 3.63) is 96.3 Å². The summed E-state index contributed by atoms with van der Waals surface area (Å²) in [5.41, 5.74) is 7.91. The number of para-hydroxylation sites is 2. The van der Waals surface area contributed by atoms with Crippen molar-refractivity contribution in [2.24, 2.45) is 0 Å². The van der Waals surface area contributed by atoms with Crippen LogP contribution in [0.5, 0.6) is 0 Å². The third kappa shape index (κ3) is 2.93.